The molecule has 0 amide bonds. The molecule has 1 unspecified atom stereocenters. The molecule has 2 aromatic heterocycles. The van der Waals surface area contributed by atoms with Gasteiger partial charge in [0.15, 0.2) is 11.6 Å². The quantitative estimate of drug-likeness (QED) is 0.853. The lowest BCUT2D eigenvalue weighted by atomic mass is 9.74. The van der Waals surface area contributed by atoms with Crippen LogP contribution in [-0.4, -0.2) is 32.2 Å². The van der Waals surface area contributed by atoms with Crippen molar-refractivity contribution in [3.63, 3.8) is 0 Å². The molecular weight excluding hydrogens is 240 g/mol. The van der Waals surface area contributed by atoms with E-state index >= 15 is 0 Å². The first-order valence-corrected chi connectivity index (χ1v) is 6.48. The summed E-state index contributed by atoms with van der Waals surface area (Å²) in [6.45, 7) is 4.55. The lowest BCUT2D eigenvalue weighted by molar-refractivity contribution is 0.260. The fourth-order valence-electron chi connectivity index (χ4n) is 2.73. The Bertz CT molecular complexity index is 575. The standard InChI is InChI=1S/C13H18N6/c1-13(2)4-9(14-3)8-6-15-11(18-10(8)5-13)12-16-7-17-19-12/h6-7,9,14H,4-5H2,1-3H3,(H,16,17,19). The van der Waals surface area contributed by atoms with Gasteiger partial charge in [0.05, 0.1) is 0 Å². The second-order valence-corrected chi connectivity index (χ2v) is 5.82. The van der Waals surface area contributed by atoms with Crippen LogP contribution in [0.2, 0.25) is 0 Å². The molecule has 19 heavy (non-hydrogen) atoms. The predicted octanol–water partition coefficient (Wildman–Crippen LogP) is 1.49. The van der Waals surface area contributed by atoms with E-state index in [1.165, 1.54) is 11.9 Å². The van der Waals surface area contributed by atoms with Crippen LogP contribution in [0.5, 0.6) is 0 Å². The maximum absolute atomic E-state index is 4.66. The first-order valence-electron chi connectivity index (χ1n) is 6.48. The Hall–Kier alpha value is -1.82. The number of hydrogen-bond donors (Lipinski definition) is 2. The van der Waals surface area contributed by atoms with Gasteiger partial charge in [0.2, 0.25) is 0 Å². The van der Waals surface area contributed by atoms with Gasteiger partial charge in [0.1, 0.15) is 6.33 Å². The van der Waals surface area contributed by atoms with Crippen molar-refractivity contribution >= 4 is 0 Å². The van der Waals surface area contributed by atoms with Crippen molar-refractivity contribution in [2.24, 2.45) is 5.41 Å². The Kier molecular flexibility index (Phi) is 2.82. The minimum Gasteiger partial charge on any atom is -0.313 e. The van der Waals surface area contributed by atoms with Gasteiger partial charge in [0.25, 0.3) is 0 Å². The van der Waals surface area contributed by atoms with Crippen molar-refractivity contribution < 1.29 is 0 Å². The molecule has 0 aromatic carbocycles. The number of hydrogen-bond acceptors (Lipinski definition) is 5. The summed E-state index contributed by atoms with van der Waals surface area (Å²) in [5.74, 6) is 1.23. The number of nitrogens with zero attached hydrogens (tertiary/aromatic N) is 4. The van der Waals surface area contributed by atoms with Crippen LogP contribution >= 0.6 is 0 Å². The highest BCUT2D eigenvalue weighted by Crippen LogP contribution is 2.39. The van der Waals surface area contributed by atoms with Crippen molar-refractivity contribution in [1.82, 2.24) is 30.5 Å². The van der Waals surface area contributed by atoms with Crippen LogP contribution in [0.4, 0.5) is 0 Å². The molecule has 1 atom stereocenters. The van der Waals surface area contributed by atoms with Gasteiger partial charge in [-0.3, -0.25) is 5.10 Å². The molecule has 0 fully saturated rings. The van der Waals surface area contributed by atoms with E-state index in [0.29, 0.717) is 17.7 Å². The average Bonchev–Trinajstić information content (AvgIpc) is 2.89. The highest BCUT2D eigenvalue weighted by Gasteiger charge is 2.33. The van der Waals surface area contributed by atoms with E-state index in [1.54, 1.807) is 0 Å². The van der Waals surface area contributed by atoms with Crippen LogP contribution in [0, 0.1) is 5.41 Å². The van der Waals surface area contributed by atoms with Gasteiger partial charge < -0.3 is 5.32 Å². The zero-order valence-corrected chi connectivity index (χ0v) is 11.4. The van der Waals surface area contributed by atoms with Crippen LogP contribution in [0.1, 0.15) is 37.6 Å². The van der Waals surface area contributed by atoms with Crippen LogP contribution in [0.15, 0.2) is 12.5 Å². The minimum absolute atomic E-state index is 0.244. The summed E-state index contributed by atoms with van der Waals surface area (Å²) in [6, 6.07) is 0.322. The normalized spacial score (nSPS) is 21.1. The summed E-state index contributed by atoms with van der Waals surface area (Å²) >= 11 is 0. The highest BCUT2D eigenvalue weighted by molar-refractivity contribution is 5.43. The monoisotopic (exact) mass is 258 g/mol. The smallest absolute Gasteiger partial charge is 0.197 e. The van der Waals surface area contributed by atoms with Gasteiger partial charge in [0, 0.05) is 23.5 Å². The van der Waals surface area contributed by atoms with Gasteiger partial charge in [-0.15, -0.1) is 0 Å². The third kappa shape index (κ3) is 2.23. The molecule has 3 rings (SSSR count). The Balaban J connectivity index is 2.04. The topological polar surface area (TPSA) is 79.4 Å². The molecule has 2 N–H and O–H groups in total. The van der Waals surface area contributed by atoms with Crippen LogP contribution in [-0.2, 0) is 6.42 Å². The summed E-state index contributed by atoms with van der Waals surface area (Å²) in [7, 11) is 1.99. The van der Waals surface area contributed by atoms with Crippen LogP contribution in [0.3, 0.4) is 0 Å². The maximum Gasteiger partial charge on any atom is 0.197 e. The molecule has 0 aliphatic heterocycles. The minimum atomic E-state index is 0.244. The second kappa shape index (κ2) is 4.38. The van der Waals surface area contributed by atoms with Gasteiger partial charge in [-0.2, -0.15) is 5.10 Å². The maximum atomic E-state index is 4.66. The molecule has 0 saturated heterocycles. The lowest BCUT2D eigenvalue weighted by Crippen LogP contribution is -2.32. The van der Waals surface area contributed by atoms with Gasteiger partial charge in [-0.1, -0.05) is 13.8 Å². The third-order valence-electron chi connectivity index (χ3n) is 3.65. The van der Waals surface area contributed by atoms with Gasteiger partial charge in [-0.25, -0.2) is 15.0 Å². The van der Waals surface area contributed by atoms with Crippen molar-refractivity contribution in [2.75, 3.05) is 7.05 Å². The average molecular weight is 258 g/mol. The molecule has 0 bridgehead atoms. The largest absolute Gasteiger partial charge is 0.313 e. The SMILES string of the molecule is CNC1CC(C)(C)Cc2nc(-c3ncn[nH]3)ncc21. The molecule has 6 nitrogen and oxygen atoms in total. The summed E-state index contributed by atoms with van der Waals surface area (Å²) in [6.07, 6.45) is 5.45. The molecule has 2 aromatic rings. The van der Waals surface area contributed by atoms with Crippen molar-refractivity contribution in [3.05, 3.63) is 23.8 Å². The Morgan fingerprint density at radius 3 is 2.89 bits per heavy atom. The highest BCUT2D eigenvalue weighted by atomic mass is 15.2. The predicted molar refractivity (Wildman–Crippen MR) is 71.3 cm³/mol. The number of aromatic amines is 1. The van der Waals surface area contributed by atoms with E-state index < -0.39 is 0 Å². The summed E-state index contributed by atoms with van der Waals surface area (Å²) in [5, 5.41) is 10.0. The van der Waals surface area contributed by atoms with Crippen molar-refractivity contribution in [3.8, 4) is 11.6 Å². The summed E-state index contributed by atoms with van der Waals surface area (Å²) in [5.41, 5.74) is 2.55. The summed E-state index contributed by atoms with van der Waals surface area (Å²) in [4.78, 5) is 13.2. The van der Waals surface area contributed by atoms with Crippen LogP contribution in [0.25, 0.3) is 11.6 Å². The molecule has 1 aliphatic rings. The molecule has 0 radical (unpaired) electrons. The van der Waals surface area contributed by atoms with E-state index in [4.69, 9.17) is 0 Å². The molecule has 0 saturated carbocycles. The number of nitrogens with one attached hydrogen (secondary N) is 2. The van der Waals surface area contributed by atoms with Crippen molar-refractivity contribution in [1.29, 1.82) is 0 Å². The fourth-order valence-corrected chi connectivity index (χ4v) is 2.73. The van der Waals surface area contributed by atoms with Gasteiger partial charge >= 0.3 is 0 Å². The third-order valence-corrected chi connectivity index (χ3v) is 3.65. The first kappa shape index (κ1) is 12.2. The van der Waals surface area contributed by atoms with E-state index in [2.05, 4.69) is 44.3 Å². The molecular formula is C13H18N6. The van der Waals surface area contributed by atoms with E-state index in [-0.39, 0.29) is 5.41 Å². The number of H-pyrrole nitrogens is 1. The number of aromatic nitrogens is 5. The van der Waals surface area contributed by atoms with Crippen LogP contribution < -0.4 is 5.32 Å². The first-order chi connectivity index (χ1) is 9.09. The zero-order valence-electron chi connectivity index (χ0n) is 11.4. The Morgan fingerprint density at radius 1 is 1.37 bits per heavy atom. The van der Waals surface area contributed by atoms with Gasteiger partial charge in [-0.05, 0) is 25.3 Å². The molecule has 6 heteroatoms. The fraction of sp³-hybridized carbons (Fsp3) is 0.538. The van der Waals surface area contributed by atoms with E-state index in [0.717, 1.165) is 18.5 Å². The van der Waals surface area contributed by atoms with E-state index in [1.807, 2.05) is 13.2 Å². The number of rotatable bonds is 2. The molecule has 0 spiro atoms. The summed E-state index contributed by atoms with van der Waals surface area (Å²) < 4.78 is 0. The molecule has 1 aliphatic carbocycles. The molecule has 100 valence electrons. The Labute approximate surface area is 112 Å². The zero-order chi connectivity index (χ0) is 13.5. The van der Waals surface area contributed by atoms with Crippen molar-refractivity contribution in [2.45, 2.75) is 32.7 Å². The lowest BCUT2D eigenvalue weighted by Gasteiger charge is -2.36. The van der Waals surface area contributed by atoms with E-state index in [9.17, 15) is 0 Å². The number of fused-ring (bicyclic) bond motifs is 1. The Morgan fingerprint density at radius 2 is 2.21 bits per heavy atom. The second-order valence-electron chi connectivity index (χ2n) is 5.82. The molecule has 2 heterocycles.